The number of rotatable bonds is 4. The van der Waals surface area contributed by atoms with Crippen LogP contribution in [-0.2, 0) is 16.1 Å². The second kappa shape index (κ2) is 7.55. The molecule has 24 heavy (non-hydrogen) atoms. The SMILES string of the molecule is Cc1cnn(CCC(=O)N2CCO[C@@H](c3ccc(Cl)c(Cl)c3)C2)c1. The van der Waals surface area contributed by atoms with Crippen molar-refractivity contribution in [3.63, 3.8) is 0 Å². The van der Waals surface area contributed by atoms with Crippen LogP contribution in [-0.4, -0.2) is 40.3 Å². The minimum absolute atomic E-state index is 0.108. The molecule has 1 aliphatic rings. The first-order chi connectivity index (χ1) is 11.5. The lowest BCUT2D eigenvalue weighted by molar-refractivity contribution is -0.139. The first kappa shape index (κ1) is 17.3. The van der Waals surface area contributed by atoms with E-state index in [2.05, 4.69) is 5.10 Å². The zero-order chi connectivity index (χ0) is 17.1. The van der Waals surface area contributed by atoms with Crippen molar-refractivity contribution in [1.29, 1.82) is 0 Å². The lowest BCUT2D eigenvalue weighted by Crippen LogP contribution is -2.42. The fraction of sp³-hybridized carbons (Fsp3) is 0.412. The topological polar surface area (TPSA) is 47.4 Å². The van der Waals surface area contributed by atoms with Crippen molar-refractivity contribution >= 4 is 29.1 Å². The molecule has 0 bridgehead atoms. The Kier molecular flexibility index (Phi) is 5.43. The van der Waals surface area contributed by atoms with Crippen LogP contribution >= 0.6 is 23.2 Å². The van der Waals surface area contributed by atoms with Crippen LogP contribution in [0.5, 0.6) is 0 Å². The van der Waals surface area contributed by atoms with Gasteiger partial charge in [0.05, 0.1) is 29.4 Å². The van der Waals surface area contributed by atoms with Gasteiger partial charge in [-0.1, -0.05) is 29.3 Å². The molecule has 7 heteroatoms. The van der Waals surface area contributed by atoms with Gasteiger partial charge < -0.3 is 9.64 Å². The van der Waals surface area contributed by atoms with Crippen LogP contribution in [0.25, 0.3) is 0 Å². The number of aromatic nitrogens is 2. The normalized spacial score (nSPS) is 18.0. The Labute approximate surface area is 151 Å². The molecule has 0 aliphatic carbocycles. The van der Waals surface area contributed by atoms with Gasteiger partial charge in [0, 0.05) is 25.7 Å². The van der Waals surface area contributed by atoms with Gasteiger partial charge in [0.1, 0.15) is 6.10 Å². The molecule has 3 rings (SSSR count). The molecule has 0 unspecified atom stereocenters. The average Bonchev–Trinajstić information content (AvgIpc) is 3.00. The zero-order valence-electron chi connectivity index (χ0n) is 13.4. The average molecular weight is 368 g/mol. The fourth-order valence-electron chi connectivity index (χ4n) is 2.75. The number of benzene rings is 1. The molecule has 2 heterocycles. The fourth-order valence-corrected chi connectivity index (χ4v) is 3.05. The van der Waals surface area contributed by atoms with E-state index in [-0.39, 0.29) is 12.0 Å². The molecule has 2 aromatic rings. The van der Waals surface area contributed by atoms with E-state index in [1.165, 1.54) is 0 Å². The standard InChI is InChI=1S/C17H19Cl2N3O2/c1-12-9-20-22(10-12)5-4-17(23)21-6-7-24-16(11-21)13-2-3-14(18)15(19)8-13/h2-3,8-10,16H,4-7,11H2,1H3/t16-/m1/s1. The van der Waals surface area contributed by atoms with Crippen LogP contribution in [0, 0.1) is 6.92 Å². The third kappa shape index (κ3) is 4.09. The maximum Gasteiger partial charge on any atom is 0.224 e. The molecule has 1 aliphatic heterocycles. The van der Waals surface area contributed by atoms with Crippen LogP contribution in [0.2, 0.25) is 10.0 Å². The smallest absolute Gasteiger partial charge is 0.224 e. The molecule has 0 radical (unpaired) electrons. The van der Waals surface area contributed by atoms with Crippen molar-refractivity contribution in [2.24, 2.45) is 0 Å². The molecule has 1 aromatic heterocycles. The predicted molar refractivity (Wildman–Crippen MR) is 93.3 cm³/mol. The number of aryl methyl sites for hydroxylation is 2. The summed E-state index contributed by atoms with van der Waals surface area (Å²) in [6.07, 6.45) is 3.98. The third-order valence-corrected chi connectivity index (χ3v) is 4.79. The number of carbonyl (C=O) groups is 1. The van der Waals surface area contributed by atoms with Crippen LogP contribution in [0.15, 0.2) is 30.6 Å². The van der Waals surface area contributed by atoms with Gasteiger partial charge in [-0.25, -0.2) is 0 Å². The van der Waals surface area contributed by atoms with E-state index in [4.69, 9.17) is 27.9 Å². The molecule has 0 spiro atoms. The highest BCUT2D eigenvalue weighted by molar-refractivity contribution is 6.42. The number of halogens is 2. The monoisotopic (exact) mass is 367 g/mol. The van der Waals surface area contributed by atoms with Crippen LogP contribution in [0.4, 0.5) is 0 Å². The molecule has 0 N–H and O–H groups in total. The third-order valence-electron chi connectivity index (χ3n) is 4.05. The summed E-state index contributed by atoms with van der Waals surface area (Å²) >= 11 is 12.0. The molecule has 1 amide bonds. The molecule has 1 saturated heterocycles. The largest absolute Gasteiger partial charge is 0.370 e. The summed E-state index contributed by atoms with van der Waals surface area (Å²) in [5, 5.41) is 5.22. The Morgan fingerprint density at radius 2 is 2.21 bits per heavy atom. The maximum absolute atomic E-state index is 12.5. The van der Waals surface area contributed by atoms with E-state index < -0.39 is 0 Å². The molecule has 1 atom stereocenters. The Balaban J connectivity index is 1.60. The summed E-state index contributed by atoms with van der Waals surface area (Å²) in [7, 11) is 0. The molecule has 1 aromatic carbocycles. The van der Waals surface area contributed by atoms with E-state index in [1.807, 2.05) is 24.1 Å². The molecule has 5 nitrogen and oxygen atoms in total. The van der Waals surface area contributed by atoms with Crippen molar-refractivity contribution in [2.45, 2.75) is 26.0 Å². The lowest BCUT2D eigenvalue weighted by Gasteiger charge is -2.33. The quantitative estimate of drug-likeness (QED) is 0.830. The highest BCUT2D eigenvalue weighted by Gasteiger charge is 2.25. The van der Waals surface area contributed by atoms with Gasteiger partial charge in [-0.3, -0.25) is 9.48 Å². The minimum Gasteiger partial charge on any atom is -0.370 e. The van der Waals surface area contributed by atoms with Crippen molar-refractivity contribution in [3.8, 4) is 0 Å². The van der Waals surface area contributed by atoms with Gasteiger partial charge in [-0.05, 0) is 30.2 Å². The lowest BCUT2D eigenvalue weighted by atomic mass is 10.1. The molecule has 128 valence electrons. The number of carbonyl (C=O) groups excluding carboxylic acids is 1. The van der Waals surface area contributed by atoms with Crippen molar-refractivity contribution < 1.29 is 9.53 Å². The van der Waals surface area contributed by atoms with Gasteiger partial charge in [0.2, 0.25) is 5.91 Å². The Morgan fingerprint density at radius 3 is 2.92 bits per heavy atom. The zero-order valence-corrected chi connectivity index (χ0v) is 14.9. The molecular formula is C17H19Cl2N3O2. The minimum atomic E-state index is -0.176. The second-order valence-electron chi connectivity index (χ2n) is 5.90. The van der Waals surface area contributed by atoms with Gasteiger partial charge in [-0.15, -0.1) is 0 Å². The summed E-state index contributed by atoms with van der Waals surface area (Å²) in [6, 6.07) is 5.44. The Bertz CT molecular complexity index is 732. The van der Waals surface area contributed by atoms with Crippen molar-refractivity contribution in [1.82, 2.24) is 14.7 Å². The van der Waals surface area contributed by atoms with E-state index in [0.29, 0.717) is 42.7 Å². The first-order valence-electron chi connectivity index (χ1n) is 7.86. The van der Waals surface area contributed by atoms with Crippen LogP contribution in [0.1, 0.15) is 23.7 Å². The summed E-state index contributed by atoms with van der Waals surface area (Å²) in [4.78, 5) is 14.3. The maximum atomic E-state index is 12.5. The van der Waals surface area contributed by atoms with Crippen LogP contribution in [0.3, 0.4) is 0 Å². The van der Waals surface area contributed by atoms with Crippen molar-refractivity contribution in [3.05, 3.63) is 51.8 Å². The van der Waals surface area contributed by atoms with E-state index >= 15 is 0 Å². The van der Waals surface area contributed by atoms with E-state index in [9.17, 15) is 4.79 Å². The number of morpholine rings is 1. The van der Waals surface area contributed by atoms with Crippen LogP contribution < -0.4 is 0 Å². The molecule has 0 saturated carbocycles. The second-order valence-corrected chi connectivity index (χ2v) is 6.72. The number of hydrogen-bond donors (Lipinski definition) is 0. The number of nitrogens with zero attached hydrogens (tertiary/aromatic N) is 3. The van der Waals surface area contributed by atoms with E-state index in [0.717, 1.165) is 11.1 Å². The van der Waals surface area contributed by atoms with Gasteiger partial charge in [-0.2, -0.15) is 5.10 Å². The summed E-state index contributed by atoms with van der Waals surface area (Å²) in [5.74, 6) is 0.108. The Morgan fingerprint density at radius 1 is 1.38 bits per heavy atom. The first-order valence-corrected chi connectivity index (χ1v) is 8.62. The number of amides is 1. The van der Waals surface area contributed by atoms with Gasteiger partial charge >= 0.3 is 0 Å². The van der Waals surface area contributed by atoms with Crippen molar-refractivity contribution in [2.75, 3.05) is 19.7 Å². The Hall–Kier alpha value is -1.56. The highest BCUT2D eigenvalue weighted by atomic mass is 35.5. The molecule has 1 fully saturated rings. The van der Waals surface area contributed by atoms with Gasteiger partial charge in [0.25, 0.3) is 0 Å². The van der Waals surface area contributed by atoms with E-state index in [1.54, 1.807) is 23.0 Å². The molecular weight excluding hydrogens is 349 g/mol. The highest BCUT2D eigenvalue weighted by Crippen LogP contribution is 2.29. The summed E-state index contributed by atoms with van der Waals surface area (Å²) in [5.41, 5.74) is 2.03. The summed E-state index contributed by atoms with van der Waals surface area (Å²) < 4.78 is 7.59. The number of ether oxygens (including phenoxy) is 1. The number of hydrogen-bond acceptors (Lipinski definition) is 3. The van der Waals surface area contributed by atoms with Gasteiger partial charge in [0.15, 0.2) is 0 Å². The predicted octanol–water partition coefficient (Wildman–Crippen LogP) is 3.49. The summed E-state index contributed by atoms with van der Waals surface area (Å²) in [6.45, 7) is 4.21.